The molecule has 1 aliphatic carbocycles. The summed E-state index contributed by atoms with van der Waals surface area (Å²) in [4.78, 5) is 25.1. The Hall–Kier alpha value is -1.75. The van der Waals surface area contributed by atoms with E-state index in [1.807, 2.05) is 6.07 Å². The molecule has 0 spiro atoms. The first-order valence-electron chi connectivity index (χ1n) is 8.93. The highest BCUT2D eigenvalue weighted by Crippen LogP contribution is 2.71. The normalized spacial score (nSPS) is 31.7. The number of piperidine rings is 1. The molecule has 0 amide bonds. The number of hydrogen-bond acceptors (Lipinski definition) is 4. The lowest BCUT2D eigenvalue weighted by Gasteiger charge is -2.26. The highest BCUT2D eigenvalue weighted by atomic mass is 16.6. The predicted octanol–water partition coefficient (Wildman–Crippen LogP) is 3.56. The summed E-state index contributed by atoms with van der Waals surface area (Å²) in [5.41, 5.74) is 0.247. The van der Waals surface area contributed by atoms with Crippen LogP contribution < -0.4 is 0 Å². The van der Waals surface area contributed by atoms with Gasteiger partial charge in [0.2, 0.25) is 0 Å². The number of fused-ring (bicyclic) bond motifs is 1. The topological polar surface area (TPSA) is 63.5 Å². The minimum Gasteiger partial charge on any atom is -0.302 e. The van der Waals surface area contributed by atoms with Crippen LogP contribution in [0.3, 0.4) is 0 Å². The number of aldehydes is 1. The molecule has 3 rings (SSSR count). The van der Waals surface area contributed by atoms with Crippen LogP contribution in [0, 0.1) is 21.4 Å². The molecule has 1 aromatic carbocycles. The van der Waals surface area contributed by atoms with Crippen LogP contribution in [-0.4, -0.2) is 35.7 Å². The third-order valence-corrected chi connectivity index (χ3v) is 6.22. The van der Waals surface area contributed by atoms with Gasteiger partial charge in [-0.15, -0.1) is 0 Å². The number of carbonyl (C=O) groups is 1. The number of unbranched alkanes of at least 4 members (excludes halogenated alkanes) is 3. The van der Waals surface area contributed by atoms with Gasteiger partial charge in [-0.2, -0.15) is 0 Å². The lowest BCUT2D eigenvalue weighted by molar-refractivity contribution is -0.384. The molecule has 1 aromatic rings. The Morgan fingerprint density at radius 2 is 2.17 bits per heavy atom. The molecule has 2 aliphatic rings. The average Bonchev–Trinajstić information content (AvgIpc) is 2.88. The van der Waals surface area contributed by atoms with Crippen molar-refractivity contribution in [2.24, 2.45) is 11.3 Å². The molecule has 5 nitrogen and oxygen atoms in total. The van der Waals surface area contributed by atoms with E-state index < -0.39 is 5.41 Å². The van der Waals surface area contributed by atoms with Gasteiger partial charge in [0, 0.05) is 30.6 Å². The fourth-order valence-electron chi connectivity index (χ4n) is 4.81. The molecule has 0 bridgehead atoms. The molecular weight excluding hydrogens is 304 g/mol. The molecule has 0 aromatic heterocycles. The summed E-state index contributed by atoms with van der Waals surface area (Å²) in [7, 11) is 0. The summed E-state index contributed by atoms with van der Waals surface area (Å²) < 4.78 is 0. The van der Waals surface area contributed by atoms with Crippen molar-refractivity contribution in [1.29, 1.82) is 0 Å². The number of likely N-dealkylation sites (tertiary alicyclic amines) is 1. The number of nitrogens with zero attached hydrogens (tertiary/aromatic N) is 2. The Balaban J connectivity index is 1.73. The first-order chi connectivity index (χ1) is 11.5. The highest BCUT2D eigenvalue weighted by Gasteiger charge is 2.77. The number of nitro groups is 1. The van der Waals surface area contributed by atoms with Crippen molar-refractivity contribution in [2.45, 2.75) is 44.9 Å². The van der Waals surface area contributed by atoms with Crippen molar-refractivity contribution in [1.82, 2.24) is 4.90 Å². The quantitative estimate of drug-likeness (QED) is 0.316. The van der Waals surface area contributed by atoms with Crippen LogP contribution in [0.4, 0.5) is 5.69 Å². The maximum atomic E-state index is 12.0. The van der Waals surface area contributed by atoms with Crippen molar-refractivity contribution >= 4 is 12.0 Å². The van der Waals surface area contributed by atoms with Crippen LogP contribution in [0.25, 0.3) is 0 Å². The predicted molar refractivity (Wildman–Crippen MR) is 93.0 cm³/mol. The summed E-state index contributed by atoms with van der Waals surface area (Å²) in [5, 5.41) is 11.0. The van der Waals surface area contributed by atoms with Gasteiger partial charge in [-0.05, 0) is 24.4 Å². The number of rotatable bonds is 8. The highest BCUT2D eigenvalue weighted by molar-refractivity contribution is 5.79. The van der Waals surface area contributed by atoms with Crippen molar-refractivity contribution < 1.29 is 9.72 Å². The minimum atomic E-state index is -0.543. The van der Waals surface area contributed by atoms with E-state index >= 15 is 0 Å². The van der Waals surface area contributed by atoms with Crippen LogP contribution >= 0.6 is 0 Å². The van der Waals surface area contributed by atoms with Crippen molar-refractivity contribution in [2.75, 3.05) is 19.6 Å². The number of benzene rings is 1. The summed E-state index contributed by atoms with van der Waals surface area (Å²) in [5.74, 6) is 0.274. The SMILES string of the molecule is CCCCCCN1C[C@@H]2[C@](C)(C1)[C@@]2(C=O)c1cccc([N+](=O)[O-])c1. The Kier molecular flexibility index (Phi) is 4.47. The Morgan fingerprint density at radius 1 is 1.38 bits per heavy atom. The van der Waals surface area contributed by atoms with Crippen molar-refractivity contribution in [3.05, 3.63) is 39.9 Å². The van der Waals surface area contributed by atoms with E-state index in [0.29, 0.717) is 0 Å². The molecule has 24 heavy (non-hydrogen) atoms. The van der Waals surface area contributed by atoms with E-state index in [4.69, 9.17) is 0 Å². The second kappa shape index (κ2) is 6.28. The second-order valence-corrected chi connectivity index (χ2v) is 7.56. The van der Waals surface area contributed by atoms with Crippen LogP contribution in [0.1, 0.15) is 45.1 Å². The first kappa shape index (κ1) is 17.1. The van der Waals surface area contributed by atoms with E-state index in [1.54, 1.807) is 12.1 Å². The van der Waals surface area contributed by atoms with Crippen LogP contribution in [0.5, 0.6) is 0 Å². The molecule has 3 atom stereocenters. The molecule has 1 saturated carbocycles. The molecule has 0 N–H and O–H groups in total. The molecule has 2 fully saturated rings. The summed E-state index contributed by atoms with van der Waals surface area (Å²) in [6.45, 7) is 7.30. The van der Waals surface area contributed by atoms with Gasteiger partial charge in [0.05, 0.1) is 10.3 Å². The zero-order valence-electron chi connectivity index (χ0n) is 14.5. The van der Waals surface area contributed by atoms with E-state index in [9.17, 15) is 14.9 Å². The largest absolute Gasteiger partial charge is 0.302 e. The number of non-ortho nitro benzene ring substituents is 1. The summed E-state index contributed by atoms with van der Waals surface area (Å²) >= 11 is 0. The maximum Gasteiger partial charge on any atom is 0.269 e. The van der Waals surface area contributed by atoms with Gasteiger partial charge in [0.1, 0.15) is 6.29 Å². The molecule has 1 saturated heterocycles. The van der Waals surface area contributed by atoms with Gasteiger partial charge >= 0.3 is 0 Å². The van der Waals surface area contributed by atoms with E-state index in [0.717, 1.165) is 31.5 Å². The van der Waals surface area contributed by atoms with E-state index in [-0.39, 0.29) is 21.9 Å². The zero-order valence-corrected chi connectivity index (χ0v) is 14.5. The summed E-state index contributed by atoms with van der Waals surface area (Å²) in [6, 6.07) is 6.64. The smallest absolute Gasteiger partial charge is 0.269 e. The van der Waals surface area contributed by atoms with Gasteiger partial charge in [-0.25, -0.2) is 0 Å². The standard InChI is InChI=1S/C19H26N2O3/c1-3-4-5-6-10-20-12-17-18(2,13-20)19(17,14-22)15-8-7-9-16(11-15)21(23)24/h7-9,11,14,17H,3-6,10,12-13H2,1-2H3/t17-,18+,19+/m1/s1. The monoisotopic (exact) mass is 330 g/mol. The van der Waals surface area contributed by atoms with Gasteiger partial charge in [0.25, 0.3) is 5.69 Å². The molecule has 1 aliphatic heterocycles. The molecule has 0 radical (unpaired) electrons. The number of nitro benzene ring substituents is 1. The Labute approximate surface area is 143 Å². The Bertz CT molecular complexity index is 647. The molecule has 130 valence electrons. The maximum absolute atomic E-state index is 12.0. The first-order valence-corrected chi connectivity index (χ1v) is 8.93. The summed E-state index contributed by atoms with van der Waals surface area (Å²) in [6.07, 6.45) is 6.03. The van der Waals surface area contributed by atoms with Gasteiger partial charge in [-0.1, -0.05) is 45.2 Å². The van der Waals surface area contributed by atoms with Crippen molar-refractivity contribution in [3.63, 3.8) is 0 Å². The van der Waals surface area contributed by atoms with Crippen LogP contribution in [0.2, 0.25) is 0 Å². The molecule has 1 heterocycles. The number of hydrogen-bond donors (Lipinski definition) is 0. The molecule has 5 heteroatoms. The van der Waals surface area contributed by atoms with Gasteiger partial charge in [0.15, 0.2) is 0 Å². The van der Waals surface area contributed by atoms with Crippen LogP contribution in [-0.2, 0) is 10.2 Å². The lowest BCUT2D eigenvalue weighted by atomic mass is 9.86. The lowest BCUT2D eigenvalue weighted by Crippen LogP contribution is -2.34. The molecular formula is C19H26N2O3. The fourth-order valence-corrected chi connectivity index (χ4v) is 4.81. The Morgan fingerprint density at radius 3 is 2.75 bits per heavy atom. The van der Waals surface area contributed by atoms with Gasteiger partial charge < -0.3 is 9.69 Å². The second-order valence-electron chi connectivity index (χ2n) is 7.56. The van der Waals surface area contributed by atoms with Crippen LogP contribution in [0.15, 0.2) is 24.3 Å². The molecule has 0 unspecified atom stereocenters. The van der Waals surface area contributed by atoms with Crippen molar-refractivity contribution in [3.8, 4) is 0 Å². The van der Waals surface area contributed by atoms with E-state index in [2.05, 4.69) is 18.7 Å². The third kappa shape index (κ3) is 2.46. The van der Waals surface area contributed by atoms with Gasteiger partial charge in [-0.3, -0.25) is 10.1 Å². The number of carbonyl (C=O) groups excluding carboxylic acids is 1. The minimum absolute atomic E-state index is 0.0683. The van der Waals surface area contributed by atoms with E-state index in [1.165, 1.54) is 31.7 Å². The zero-order chi connectivity index (χ0) is 17.4. The third-order valence-electron chi connectivity index (χ3n) is 6.22. The fraction of sp³-hybridized carbons (Fsp3) is 0.632. The average molecular weight is 330 g/mol.